The van der Waals surface area contributed by atoms with Crippen LogP contribution in [-0.2, 0) is 19.6 Å². The van der Waals surface area contributed by atoms with Gasteiger partial charge in [0.05, 0.1) is 6.54 Å². The Morgan fingerprint density at radius 1 is 1.40 bits per heavy atom. The molecule has 0 atom stereocenters. The number of nitrogens with one attached hydrogen (secondary N) is 1. The highest BCUT2D eigenvalue weighted by Gasteiger charge is 2.20. The molecule has 0 spiro atoms. The summed E-state index contributed by atoms with van der Waals surface area (Å²) in [7, 11) is 0. The third kappa shape index (κ3) is 3.48. The Balaban J connectivity index is 1.60. The van der Waals surface area contributed by atoms with E-state index < -0.39 is 0 Å². The van der Waals surface area contributed by atoms with Gasteiger partial charge in [-0.25, -0.2) is 9.67 Å². The van der Waals surface area contributed by atoms with Crippen molar-refractivity contribution in [2.75, 3.05) is 0 Å². The maximum Gasteiger partial charge on any atom is 0.146 e. The Labute approximate surface area is 120 Å². The monoisotopic (exact) mass is 273 g/mol. The topological polar surface area (TPSA) is 47.7 Å². The molecule has 1 aliphatic rings. The molecule has 1 fully saturated rings. The standard InChI is InChI=1S/C15H23N5/c1-12(2)8-20-15(17-11-18-20)10-19-6-5-13(9-19)7-16-14-3-4-14/h5-6,9,11-12,14,16H,3-4,7-8,10H2,1-2H3. The fourth-order valence-corrected chi connectivity index (χ4v) is 2.32. The SMILES string of the molecule is CC(C)Cn1ncnc1Cn1ccc(CNC2CC2)c1. The van der Waals surface area contributed by atoms with Crippen molar-refractivity contribution in [3.8, 4) is 0 Å². The molecule has 3 rings (SSSR count). The van der Waals surface area contributed by atoms with E-state index in [1.807, 2.05) is 4.68 Å². The van der Waals surface area contributed by atoms with E-state index in [2.05, 4.69) is 52.3 Å². The molecule has 0 bridgehead atoms. The van der Waals surface area contributed by atoms with Crippen LogP contribution in [0.2, 0.25) is 0 Å². The number of hydrogen-bond acceptors (Lipinski definition) is 3. The van der Waals surface area contributed by atoms with E-state index in [0.29, 0.717) is 5.92 Å². The first-order valence-corrected chi connectivity index (χ1v) is 7.45. The Morgan fingerprint density at radius 2 is 2.25 bits per heavy atom. The Hall–Kier alpha value is -1.62. The van der Waals surface area contributed by atoms with Gasteiger partial charge in [0.2, 0.25) is 0 Å². The van der Waals surface area contributed by atoms with Crippen molar-refractivity contribution in [3.63, 3.8) is 0 Å². The van der Waals surface area contributed by atoms with Gasteiger partial charge in [0.25, 0.3) is 0 Å². The van der Waals surface area contributed by atoms with Gasteiger partial charge in [-0.3, -0.25) is 0 Å². The van der Waals surface area contributed by atoms with E-state index in [-0.39, 0.29) is 0 Å². The number of hydrogen-bond donors (Lipinski definition) is 1. The molecule has 1 saturated carbocycles. The van der Waals surface area contributed by atoms with Crippen molar-refractivity contribution in [1.29, 1.82) is 0 Å². The number of rotatable bonds is 7. The highest BCUT2D eigenvalue weighted by Crippen LogP contribution is 2.19. The van der Waals surface area contributed by atoms with E-state index in [9.17, 15) is 0 Å². The van der Waals surface area contributed by atoms with Gasteiger partial charge < -0.3 is 9.88 Å². The maximum absolute atomic E-state index is 4.37. The predicted molar refractivity (Wildman–Crippen MR) is 78.3 cm³/mol. The quantitative estimate of drug-likeness (QED) is 0.839. The molecule has 2 aromatic rings. The maximum atomic E-state index is 4.37. The van der Waals surface area contributed by atoms with Crippen LogP contribution >= 0.6 is 0 Å². The molecular weight excluding hydrogens is 250 g/mol. The zero-order valence-electron chi connectivity index (χ0n) is 12.3. The summed E-state index contributed by atoms with van der Waals surface area (Å²) in [5, 5.41) is 7.84. The average molecular weight is 273 g/mol. The highest BCUT2D eigenvalue weighted by molar-refractivity contribution is 5.11. The number of nitrogens with zero attached hydrogens (tertiary/aromatic N) is 4. The molecule has 108 valence electrons. The lowest BCUT2D eigenvalue weighted by molar-refractivity contribution is 0.461. The first-order valence-electron chi connectivity index (χ1n) is 7.45. The van der Waals surface area contributed by atoms with Gasteiger partial charge in [0.15, 0.2) is 0 Å². The van der Waals surface area contributed by atoms with Crippen LogP contribution in [-0.4, -0.2) is 25.4 Å². The molecule has 0 aliphatic heterocycles. The summed E-state index contributed by atoms with van der Waals surface area (Å²) >= 11 is 0. The van der Waals surface area contributed by atoms with E-state index in [0.717, 1.165) is 31.5 Å². The molecule has 2 heterocycles. The second kappa shape index (κ2) is 5.79. The van der Waals surface area contributed by atoms with Crippen LogP contribution in [0.15, 0.2) is 24.8 Å². The van der Waals surface area contributed by atoms with Gasteiger partial charge in [0.1, 0.15) is 12.2 Å². The lowest BCUT2D eigenvalue weighted by atomic mass is 10.2. The summed E-state index contributed by atoms with van der Waals surface area (Å²) in [5.41, 5.74) is 1.34. The van der Waals surface area contributed by atoms with Crippen LogP contribution in [0.5, 0.6) is 0 Å². The van der Waals surface area contributed by atoms with Gasteiger partial charge in [-0.2, -0.15) is 5.10 Å². The van der Waals surface area contributed by atoms with Crippen LogP contribution in [0.4, 0.5) is 0 Å². The van der Waals surface area contributed by atoms with Crippen LogP contribution in [0, 0.1) is 5.92 Å². The molecule has 1 N–H and O–H groups in total. The van der Waals surface area contributed by atoms with Crippen molar-refractivity contribution < 1.29 is 0 Å². The largest absolute Gasteiger partial charge is 0.346 e. The second-order valence-corrected chi connectivity index (χ2v) is 6.10. The fraction of sp³-hybridized carbons (Fsp3) is 0.600. The minimum absolute atomic E-state index is 0.582. The Kier molecular flexibility index (Phi) is 3.87. The normalized spacial score (nSPS) is 15.2. The summed E-state index contributed by atoms with van der Waals surface area (Å²) in [4.78, 5) is 4.37. The summed E-state index contributed by atoms with van der Waals surface area (Å²) < 4.78 is 4.19. The highest BCUT2D eigenvalue weighted by atomic mass is 15.3. The molecule has 0 amide bonds. The minimum Gasteiger partial charge on any atom is -0.346 e. The van der Waals surface area contributed by atoms with Crippen LogP contribution in [0.3, 0.4) is 0 Å². The van der Waals surface area contributed by atoms with E-state index in [1.165, 1.54) is 18.4 Å². The molecule has 0 radical (unpaired) electrons. The predicted octanol–water partition coefficient (Wildman–Crippen LogP) is 2.04. The Bertz CT molecular complexity index is 550. The summed E-state index contributed by atoms with van der Waals surface area (Å²) in [6, 6.07) is 2.94. The van der Waals surface area contributed by atoms with Crippen LogP contribution in [0.25, 0.3) is 0 Å². The molecular formula is C15H23N5. The lowest BCUT2D eigenvalue weighted by Crippen LogP contribution is -2.15. The molecule has 0 aromatic carbocycles. The van der Waals surface area contributed by atoms with Gasteiger partial charge >= 0.3 is 0 Å². The zero-order chi connectivity index (χ0) is 13.9. The molecule has 5 nitrogen and oxygen atoms in total. The van der Waals surface area contributed by atoms with Crippen molar-refractivity contribution in [2.24, 2.45) is 5.92 Å². The molecule has 0 saturated heterocycles. The molecule has 1 aliphatic carbocycles. The molecule has 2 aromatic heterocycles. The summed E-state index contributed by atoms with van der Waals surface area (Å²) in [5.74, 6) is 1.61. The first-order chi connectivity index (χ1) is 9.70. The second-order valence-electron chi connectivity index (χ2n) is 6.10. The minimum atomic E-state index is 0.582. The fourth-order valence-electron chi connectivity index (χ4n) is 2.32. The van der Waals surface area contributed by atoms with Crippen molar-refractivity contribution in [1.82, 2.24) is 24.6 Å². The van der Waals surface area contributed by atoms with Gasteiger partial charge in [-0.1, -0.05) is 13.8 Å². The third-order valence-electron chi connectivity index (χ3n) is 3.54. The van der Waals surface area contributed by atoms with Crippen molar-refractivity contribution in [3.05, 3.63) is 36.2 Å². The summed E-state index contributed by atoms with van der Waals surface area (Å²) in [6.45, 7) is 7.07. The van der Waals surface area contributed by atoms with E-state index in [4.69, 9.17) is 0 Å². The molecule has 0 unspecified atom stereocenters. The van der Waals surface area contributed by atoms with Crippen molar-refractivity contribution in [2.45, 2.75) is 52.4 Å². The van der Waals surface area contributed by atoms with E-state index in [1.54, 1.807) is 6.33 Å². The van der Waals surface area contributed by atoms with Gasteiger partial charge in [0, 0.05) is 31.5 Å². The number of aromatic nitrogens is 4. The van der Waals surface area contributed by atoms with E-state index >= 15 is 0 Å². The van der Waals surface area contributed by atoms with Crippen LogP contribution in [0.1, 0.15) is 38.1 Å². The Morgan fingerprint density at radius 3 is 3.00 bits per heavy atom. The smallest absolute Gasteiger partial charge is 0.146 e. The van der Waals surface area contributed by atoms with Crippen LogP contribution < -0.4 is 5.32 Å². The summed E-state index contributed by atoms with van der Waals surface area (Å²) in [6.07, 6.45) is 8.64. The molecule has 5 heteroatoms. The average Bonchev–Trinajstić information content (AvgIpc) is 2.98. The zero-order valence-corrected chi connectivity index (χ0v) is 12.3. The van der Waals surface area contributed by atoms with Crippen molar-refractivity contribution >= 4 is 0 Å². The lowest BCUT2D eigenvalue weighted by Gasteiger charge is -2.09. The molecule has 20 heavy (non-hydrogen) atoms. The first kappa shape index (κ1) is 13.4. The third-order valence-corrected chi connectivity index (χ3v) is 3.54. The van der Waals surface area contributed by atoms with Gasteiger partial charge in [-0.15, -0.1) is 0 Å². The van der Waals surface area contributed by atoms with Gasteiger partial charge in [-0.05, 0) is 30.4 Å².